The Morgan fingerprint density at radius 1 is 1.40 bits per heavy atom. The molecule has 4 nitrogen and oxygen atoms in total. The van der Waals surface area contributed by atoms with E-state index in [1.54, 1.807) is 6.20 Å². The molecule has 0 bridgehead atoms. The maximum absolute atomic E-state index is 9.12. The highest BCUT2D eigenvalue weighted by Crippen LogP contribution is 2.22. The second-order valence-electron chi connectivity index (χ2n) is 2.99. The van der Waals surface area contributed by atoms with Crippen LogP contribution in [-0.2, 0) is 0 Å². The standard InChI is InChI=1S/C10H13ClN4/c1-3-15(4-2)8(7-12)9-10(11)14-6-5-13-9/h5-6,8H,3-4H2,1-2H3. The molecule has 0 saturated heterocycles. The predicted octanol–water partition coefficient (Wildman–Crippen LogP) is 2.04. The molecule has 0 aromatic carbocycles. The maximum atomic E-state index is 9.12. The molecule has 15 heavy (non-hydrogen) atoms. The molecule has 5 heteroatoms. The van der Waals surface area contributed by atoms with E-state index in [9.17, 15) is 0 Å². The highest BCUT2D eigenvalue weighted by Gasteiger charge is 2.21. The number of rotatable bonds is 4. The zero-order valence-electron chi connectivity index (χ0n) is 8.81. The highest BCUT2D eigenvalue weighted by atomic mass is 35.5. The van der Waals surface area contributed by atoms with Gasteiger partial charge in [0, 0.05) is 12.4 Å². The van der Waals surface area contributed by atoms with Crippen LogP contribution in [0.5, 0.6) is 0 Å². The molecule has 1 aromatic rings. The van der Waals surface area contributed by atoms with Gasteiger partial charge in [-0.1, -0.05) is 25.4 Å². The normalized spacial score (nSPS) is 12.5. The first kappa shape index (κ1) is 11.9. The molecule has 0 saturated carbocycles. The van der Waals surface area contributed by atoms with Crippen LogP contribution in [0.2, 0.25) is 5.15 Å². The van der Waals surface area contributed by atoms with Gasteiger partial charge < -0.3 is 0 Å². The Balaban J connectivity index is 3.03. The predicted molar refractivity (Wildman–Crippen MR) is 58.3 cm³/mol. The zero-order valence-corrected chi connectivity index (χ0v) is 9.57. The van der Waals surface area contributed by atoms with Crippen LogP contribution in [0.3, 0.4) is 0 Å². The maximum Gasteiger partial charge on any atom is 0.153 e. The van der Waals surface area contributed by atoms with Crippen molar-refractivity contribution in [2.24, 2.45) is 0 Å². The summed E-state index contributed by atoms with van der Waals surface area (Å²) in [5.41, 5.74) is 0.533. The number of nitriles is 1. The Bertz CT molecular complexity index is 357. The Kier molecular flexibility index (Phi) is 4.47. The molecular weight excluding hydrogens is 212 g/mol. The molecule has 1 unspecified atom stereocenters. The fourth-order valence-corrected chi connectivity index (χ4v) is 1.63. The molecule has 0 fully saturated rings. The first-order valence-corrected chi connectivity index (χ1v) is 5.22. The molecule has 1 aromatic heterocycles. The van der Waals surface area contributed by atoms with Crippen molar-refractivity contribution in [2.45, 2.75) is 19.9 Å². The van der Waals surface area contributed by atoms with Crippen LogP contribution in [0.4, 0.5) is 0 Å². The minimum absolute atomic E-state index is 0.302. The smallest absolute Gasteiger partial charge is 0.153 e. The van der Waals surface area contributed by atoms with Crippen LogP contribution >= 0.6 is 11.6 Å². The Morgan fingerprint density at radius 3 is 2.47 bits per heavy atom. The summed E-state index contributed by atoms with van der Waals surface area (Å²) >= 11 is 5.90. The lowest BCUT2D eigenvalue weighted by molar-refractivity contribution is 0.258. The van der Waals surface area contributed by atoms with Crippen LogP contribution in [0, 0.1) is 11.3 Å². The molecule has 0 aliphatic carbocycles. The summed E-state index contributed by atoms with van der Waals surface area (Å²) in [5, 5.41) is 9.42. The lowest BCUT2D eigenvalue weighted by atomic mass is 10.2. The molecule has 0 aliphatic heterocycles. The Labute approximate surface area is 94.5 Å². The monoisotopic (exact) mass is 224 g/mol. The molecule has 1 heterocycles. The summed E-state index contributed by atoms with van der Waals surface area (Å²) in [7, 11) is 0. The summed E-state index contributed by atoms with van der Waals surface area (Å²) in [6.45, 7) is 5.56. The van der Waals surface area contributed by atoms with Crippen LogP contribution in [0.1, 0.15) is 25.6 Å². The van der Waals surface area contributed by atoms with Crippen molar-refractivity contribution >= 4 is 11.6 Å². The number of nitrogens with zero attached hydrogens (tertiary/aromatic N) is 4. The number of hydrogen-bond donors (Lipinski definition) is 0. The summed E-state index contributed by atoms with van der Waals surface area (Å²) in [6.07, 6.45) is 3.07. The largest absolute Gasteiger partial charge is 0.284 e. The quantitative estimate of drug-likeness (QED) is 0.786. The van der Waals surface area contributed by atoms with Gasteiger partial charge in [0.25, 0.3) is 0 Å². The van der Waals surface area contributed by atoms with Gasteiger partial charge in [-0.15, -0.1) is 0 Å². The Morgan fingerprint density at radius 2 is 2.00 bits per heavy atom. The topological polar surface area (TPSA) is 52.8 Å². The molecule has 0 aliphatic rings. The molecule has 0 radical (unpaired) electrons. The highest BCUT2D eigenvalue weighted by molar-refractivity contribution is 6.30. The fraction of sp³-hybridized carbons (Fsp3) is 0.500. The van der Waals surface area contributed by atoms with Crippen LogP contribution < -0.4 is 0 Å². The lowest BCUT2D eigenvalue weighted by Gasteiger charge is -2.23. The average molecular weight is 225 g/mol. The van der Waals surface area contributed by atoms with E-state index in [1.165, 1.54) is 6.20 Å². The van der Waals surface area contributed by atoms with Gasteiger partial charge in [0.15, 0.2) is 5.15 Å². The molecule has 80 valence electrons. The van der Waals surface area contributed by atoms with Crippen molar-refractivity contribution in [3.8, 4) is 6.07 Å². The van der Waals surface area contributed by atoms with Gasteiger partial charge in [-0.3, -0.25) is 9.88 Å². The van der Waals surface area contributed by atoms with Crippen molar-refractivity contribution in [3.05, 3.63) is 23.2 Å². The van der Waals surface area contributed by atoms with Crippen molar-refractivity contribution in [1.82, 2.24) is 14.9 Å². The number of hydrogen-bond acceptors (Lipinski definition) is 4. The molecule has 0 amide bonds. The van der Waals surface area contributed by atoms with Crippen molar-refractivity contribution in [2.75, 3.05) is 13.1 Å². The third-order valence-electron chi connectivity index (χ3n) is 2.24. The molecule has 1 atom stereocenters. The van der Waals surface area contributed by atoms with Gasteiger partial charge in [-0.25, -0.2) is 4.98 Å². The third-order valence-corrected chi connectivity index (χ3v) is 2.53. The average Bonchev–Trinajstić information content (AvgIpc) is 2.27. The first-order valence-electron chi connectivity index (χ1n) is 4.84. The minimum Gasteiger partial charge on any atom is -0.284 e. The van der Waals surface area contributed by atoms with Gasteiger partial charge in [0.1, 0.15) is 11.7 Å². The summed E-state index contributed by atoms with van der Waals surface area (Å²) < 4.78 is 0. The van der Waals surface area contributed by atoms with E-state index in [-0.39, 0.29) is 0 Å². The Hall–Kier alpha value is -1.18. The molecule has 1 rings (SSSR count). The van der Waals surface area contributed by atoms with Crippen LogP contribution in [-0.4, -0.2) is 28.0 Å². The number of halogens is 1. The van der Waals surface area contributed by atoms with Crippen molar-refractivity contribution in [1.29, 1.82) is 5.26 Å². The zero-order chi connectivity index (χ0) is 11.3. The van der Waals surface area contributed by atoms with Crippen LogP contribution in [0.25, 0.3) is 0 Å². The van der Waals surface area contributed by atoms with E-state index in [0.717, 1.165) is 13.1 Å². The van der Waals surface area contributed by atoms with Gasteiger partial charge >= 0.3 is 0 Å². The van der Waals surface area contributed by atoms with E-state index in [0.29, 0.717) is 10.8 Å². The second kappa shape index (κ2) is 5.64. The first-order chi connectivity index (χ1) is 7.24. The summed E-state index contributed by atoms with van der Waals surface area (Å²) in [5.74, 6) is 0. The van der Waals surface area contributed by atoms with E-state index < -0.39 is 6.04 Å². The fourth-order valence-electron chi connectivity index (χ4n) is 1.42. The molecule has 0 spiro atoms. The van der Waals surface area contributed by atoms with Crippen LogP contribution in [0.15, 0.2) is 12.4 Å². The van der Waals surface area contributed by atoms with Gasteiger partial charge in [-0.2, -0.15) is 5.26 Å². The van der Waals surface area contributed by atoms with E-state index >= 15 is 0 Å². The van der Waals surface area contributed by atoms with E-state index in [2.05, 4.69) is 16.0 Å². The van der Waals surface area contributed by atoms with E-state index in [4.69, 9.17) is 16.9 Å². The van der Waals surface area contributed by atoms with E-state index in [1.807, 2.05) is 18.7 Å². The number of aromatic nitrogens is 2. The van der Waals surface area contributed by atoms with Gasteiger partial charge in [0.2, 0.25) is 0 Å². The van der Waals surface area contributed by atoms with Gasteiger partial charge in [-0.05, 0) is 13.1 Å². The SMILES string of the molecule is CCN(CC)C(C#N)c1nccnc1Cl. The van der Waals surface area contributed by atoms with Gasteiger partial charge in [0.05, 0.1) is 6.07 Å². The molecule has 0 N–H and O–H groups in total. The third kappa shape index (κ3) is 2.65. The lowest BCUT2D eigenvalue weighted by Crippen LogP contribution is -2.28. The van der Waals surface area contributed by atoms with Crippen molar-refractivity contribution < 1.29 is 0 Å². The summed E-state index contributed by atoms with van der Waals surface area (Å²) in [4.78, 5) is 10.0. The minimum atomic E-state index is -0.416. The summed E-state index contributed by atoms with van der Waals surface area (Å²) in [6, 6.07) is 1.78. The second-order valence-corrected chi connectivity index (χ2v) is 3.34. The molecular formula is C10H13ClN4. The van der Waals surface area contributed by atoms with Crippen molar-refractivity contribution in [3.63, 3.8) is 0 Å².